The van der Waals surface area contributed by atoms with E-state index in [1.54, 1.807) is 11.8 Å². The van der Waals surface area contributed by atoms with Crippen molar-refractivity contribution >= 4 is 35.4 Å². The number of hydrogen-bond donors (Lipinski definition) is 1. The van der Waals surface area contributed by atoms with Crippen LogP contribution in [0.1, 0.15) is 16.5 Å². The van der Waals surface area contributed by atoms with E-state index in [0.29, 0.717) is 17.3 Å². The van der Waals surface area contributed by atoms with Crippen LogP contribution in [0.5, 0.6) is 0 Å². The number of rotatable bonds is 5. The zero-order valence-electron chi connectivity index (χ0n) is 13.0. The molecule has 2 aromatic carbocycles. The molecule has 3 nitrogen and oxygen atoms in total. The van der Waals surface area contributed by atoms with Crippen LogP contribution < -0.4 is 0 Å². The van der Waals surface area contributed by atoms with Gasteiger partial charge in [-0.1, -0.05) is 66.2 Å². The molecule has 0 spiro atoms. The SMILES string of the molecule is O=C(O)C1CSC(c2cccc(Cl)c2)N1C/C=C/c1ccccc1. The predicted molar refractivity (Wildman–Crippen MR) is 100 cm³/mol. The van der Waals surface area contributed by atoms with Crippen LogP contribution in [-0.2, 0) is 4.79 Å². The zero-order chi connectivity index (χ0) is 16.9. The summed E-state index contributed by atoms with van der Waals surface area (Å²) in [5.74, 6) is -0.203. The van der Waals surface area contributed by atoms with Crippen molar-refractivity contribution in [2.45, 2.75) is 11.4 Å². The van der Waals surface area contributed by atoms with E-state index in [-0.39, 0.29) is 5.37 Å². The van der Waals surface area contributed by atoms with E-state index in [9.17, 15) is 9.90 Å². The monoisotopic (exact) mass is 359 g/mol. The van der Waals surface area contributed by atoms with Crippen molar-refractivity contribution in [3.63, 3.8) is 0 Å². The summed E-state index contributed by atoms with van der Waals surface area (Å²) < 4.78 is 0. The quantitative estimate of drug-likeness (QED) is 0.850. The molecule has 5 heteroatoms. The second-order valence-corrected chi connectivity index (χ2v) is 7.15. The Bertz CT molecular complexity index is 735. The molecule has 1 heterocycles. The number of hydrogen-bond acceptors (Lipinski definition) is 3. The summed E-state index contributed by atoms with van der Waals surface area (Å²) in [5.41, 5.74) is 2.15. The molecule has 1 fully saturated rings. The number of benzene rings is 2. The van der Waals surface area contributed by atoms with Crippen LogP contribution in [0.4, 0.5) is 0 Å². The van der Waals surface area contributed by atoms with Gasteiger partial charge in [0.2, 0.25) is 0 Å². The van der Waals surface area contributed by atoms with E-state index in [1.165, 1.54) is 0 Å². The summed E-state index contributed by atoms with van der Waals surface area (Å²) in [4.78, 5) is 13.6. The first kappa shape index (κ1) is 17.1. The highest BCUT2D eigenvalue weighted by atomic mass is 35.5. The molecule has 1 saturated heterocycles. The van der Waals surface area contributed by atoms with E-state index < -0.39 is 12.0 Å². The number of carboxylic acids is 1. The molecule has 0 radical (unpaired) electrons. The average Bonchev–Trinajstić information content (AvgIpc) is 3.00. The lowest BCUT2D eigenvalue weighted by Gasteiger charge is -2.26. The maximum Gasteiger partial charge on any atom is 0.321 e. The number of carbonyl (C=O) groups is 1. The lowest BCUT2D eigenvalue weighted by Crippen LogP contribution is -2.38. The normalized spacial score (nSPS) is 21.4. The molecule has 0 aromatic heterocycles. The third-order valence-electron chi connectivity index (χ3n) is 3.96. The Morgan fingerprint density at radius 1 is 1.25 bits per heavy atom. The molecule has 1 N–H and O–H groups in total. The maximum absolute atomic E-state index is 11.6. The van der Waals surface area contributed by atoms with Crippen LogP contribution in [0.3, 0.4) is 0 Å². The van der Waals surface area contributed by atoms with Gasteiger partial charge in [0.25, 0.3) is 0 Å². The Morgan fingerprint density at radius 2 is 2.04 bits per heavy atom. The van der Waals surface area contributed by atoms with E-state index >= 15 is 0 Å². The topological polar surface area (TPSA) is 40.5 Å². The lowest BCUT2D eigenvalue weighted by molar-refractivity contribution is -0.142. The Morgan fingerprint density at radius 3 is 2.75 bits per heavy atom. The molecular formula is C19H18ClNO2S. The van der Waals surface area contributed by atoms with Gasteiger partial charge in [0.15, 0.2) is 0 Å². The number of nitrogens with zero attached hydrogens (tertiary/aromatic N) is 1. The first-order valence-electron chi connectivity index (χ1n) is 7.72. The van der Waals surface area contributed by atoms with Gasteiger partial charge in [0.1, 0.15) is 6.04 Å². The predicted octanol–water partition coefficient (Wildman–Crippen LogP) is 4.55. The standard InChI is InChI=1S/C19H18ClNO2S/c20-16-10-4-9-15(12-16)18-21(17(13-24-18)19(22)23)11-5-8-14-6-2-1-3-7-14/h1-10,12,17-18H,11,13H2,(H,22,23)/b8-5+. The highest BCUT2D eigenvalue weighted by molar-refractivity contribution is 7.99. The highest BCUT2D eigenvalue weighted by Gasteiger charge is 2.38. The van der Waals surface area contributed by atoms with Crippen molar-refractivity contribution in [3.8, 4) is 0 Å². The van der Waals surface area contributed by atoms with E-state index in [4.69, 9.17) is 11.6 Å². The molecule has 3 rings (SSSR count). The van der Waals surface area contributed by atoms with Crippen molar-refractivity contribution in [1.82, 2.24) is 4.90 Å². The molecule has 0 saturated carbocycles. The smallest absolute Gasteiger partial charge is 0.321 e. The van der Waals surface area contributed by atoms with Gasteiger partial charge in [-0.05, 0) is 23.3 Å². The van der Waals surface area contributed by atoms with Gasteiger partial charge in [-0.3, -0.25) is 9.69 Å². The van der Waals surface area contributed by atoms with Crippen molar-refractivity contribution < 1.29 is 9.90 Å². The van der Waals surface area contributed by atoms with Crippen molar-refractivity contribution in [2.75, 3.05) is 12.3 Å². The molecular weight excluding hydrogens is 342 g/mol. The van der Waals surface area contributed by atoms with Crippen LogP contribution in [0, 0.1) is 0 Å². The summed E-state index contributed by atoms with van der Waals surface area (Å²) in [5, 5.41) is 10.2. The van der Waals surface area contributed by atoms with Gasteiger partial charge in [-0.25, -0.2) is 0 Å². The minimum Gasteiger partial charge on any atom is -0.480 e. The second kappa shape index (κ2) is 7.88. The van der Waals surface area contributed by atoms with Crippen LogP contribution in [0.15, 0.2) is 60.7 Å². The molecule has 2 aromatic rings. The van der Waals surface area contributed by atoms with Gasteiger partial charge in [-0.15, -0.1) is 11.8 Å². The minimum absolute atomic E-state index is 0.00484. The summed E-state index contributed by atoms with van der Waals surface area (Å²) in [6.07, 6.45) is 4.05. The first-order valence-corrected chi connectivity index (χ1v) is 9.15. The Balaban J connectivity index is 1.79. The van der Waals surface area contributed by atoms with E-state index in [1.807, 2.05) is 71.6 Å². The molecule has 0 aliphatic carbocycles. The molecule has 124 valence electrons. The third-order valence-corrected chi connectivity index (χ3v) is 5.56. The lowest BCUT2D eigenvalue weighted by atomic mass is 10.1. The number of thioether (sulfide) groups is 1. The fourth-order valence-electron chi connectivity index (χ4n) is 2.80. The number of carboxylic acid groups (broad SMARTS) is 1. The van der Waals surface area contributed by atoms with Gasteiger partial charge in [0, 0.05) is 17.3 Å². The first-order chi connectivity index (χ1) is 11.6. The zero-order valence-corrected chi connectivity index (χ0v) is 14.6. The Hall–Kier alpha value is -1.75. The molecule has 1 aliphatic heterocycles. The molecule has 2 atom stereocenters. The van der Waals surface area contributed by atoms with Crippen LogP contribution in [0.2, 0.25) is 5.02 Å². The van der Waals surface area contributed by atoms with Crippen LogP contribution in [0.25, 0.3) is 6.08 Å². The maximum atomic E-state index is 11.6. The van der Waals surface area contributed by atoms with E-state index in [2.05, 4.69) is 0 Å². The minimum atomic E-state index is -0.778. The fraction of sp³-hybridized carbons (Fsp3) is 0.211. The molecule has 1 aliphatic rings. The highest BCUT2D eigenvalue weighted by Crippen LogP contribution is 2.41. The van der Waals surface area contributed by atoms with Gasteiger partial charge in [-0.2, -0.15) is 0 Å². The van der Waals surface area contributed by atoms with Crippen LogP contribution in [-0.4, -0.2) is 34.3 Å². The number of halogens is 1. The summed E-state index contributed by atoms with van der Waals surface area (Å²) >= 11 is 7.74. The number of aliphatic carboxylic acids is 1. The molecule has 0 bridgehead atoms. The largest absolute Gasteiger partial charge is 0.480 e. The molecule has 0 amide bonds. The Labute approximate surface area is 150 Å². The second-order valence-electron chi connectivity index (χ2n) is 5.60. The third kappa shape index (κ3) is 4.01. The average molecular weight is 360 g/mol. The summed E-state index contributed by atoms with van der Waals surface area (Å²) in [7, 11) is 0. The summed E-state index contributed by atoms with van der Waals surface area (Å²) in [6, 6.07) is 17.2. The molecule has 2 unspecified atom stereocenters. The van der Waals surface area contributed by atoms with Crippen molar-refractivity contribution in [3.05, 3.63) is 76.8 Å². The summed E-state index contributed by atoms with van der Waals surface area (Å²) in [6.45, 7) is 0.579. The van der Waals surface area contributed by atoms with Gasteiger partial charge in [0.05, 0.1) is 5.37 Å². The van der Waals surface area contributed by atoms with E-state index in [0.717, 1.165) is 11.1 Å². The van der Waals surface area contributed by atoms with Gasteiger partial charge < -0.3 is 5.11 Å². The Kier molecular flexibility index (Phi) is 5.61. The van der Waals surface area contributed by atoms with Gasteiger partial charge >= 0.3 is 5.97 Å². The fourth-order valence-corrected chi connectivity index (χ4v) is 4.46. The van der Waals surface area contributed by atoms with Crippen molar-refractivity contribution in [1.29, 1.82) is 0 Å². The molecule has 24 heavy (non-hydrogen) atoms. The van der Waals surface area contributed by atoms with Crippen molar-refractivity contribution in [2.24, 2.45) is 0 Å². The van der Waals surface area contributed by atoms with Crippen LogP contribution >= 0.6 is 23.4 Å².